The fourth-order valence-electron chi connectivity index (χ4n) is 2.72. The van der Waals surface area contributed by atoms with Crippen LogP contribution in [-0.4, -0.2) is 46.7 Å². The van der Waals surface area contributed by atoms with Gasteiger partial charge in [-0.05, 0) is 43.5 Å². The van der Waals surface area contributed by atoms with Gasteiger partial charge in [0, 0.05) is 10.8 Å². The van der Waals surface area contributed by atoms with Crippen LogP contribution in [0.25, 0.3) is 0 Å². The van der Waals surface area contributed by atoms with E-state index in [9.17, 15) is 9.59 Å². The Morgan fingerprint density at radius 2 is 1.88 bits per heavy atom. The molecule has 1 heterocycles. The van der Waals surface area contributed by atoms with Crippen molar-refractivity contribution in [2.45, 2.75) is 52.1 Å². The minimum atomic E-state index is -0.590. The van der Waals surface area contributed by atoms with Gasteiger partial charge < -0.3 is 14.4 Å². The largest absolute Gasteiger partial charge is 0.484 e. The van der Waals surface area contributed by atoms with Crippen molar-refractivity contribution >= 4 is 35.2 Å². The molecule has 0 radical (unpaired) electrons. The van der Waals surface area contributed by atoms with Crippen LogP contribution in [0.1, 0.15) is 34.6 Å². The Kier molecular flexibility index (Phi) is 6.86. The molecule has 0 bridgehead atoms. The van der Waals surface area contributed by atoms with Crippen LogP contribution in [0.3, 0.4) is 0 Å². The molecule has 1 fully saturated rings. The molecule has 0 saturated carbocycles. The zero-order chi connectivity index (χ0) is 19.5. The van der Waals surface area contributed by atoms with Gasteiger partial charge in [-0.3, -0.25) is 4.79 Å². The Balaban J connectivity index is 2.13. The smallest absolute Gasteiger partial charge is 0.330 e. The maximum Gasteiger partial charge on any atom is 0.330 e. The summed E-state index contributed by atoms with van der Waals surface area (Å²) in [6.07, 6.45) is -0.219. The number of benzene rings is 1. The number of ether oxygens (including phenoxy) is 2. The van der Waals surface area contributed by atoms with Gasteiger partial charge in [0.05, 0.1) is 11.5 Å². The quantitative estimate of drug-likeness (QED) is 0.701. The average molecular weight is 400 g/mol. The summed E-state index contributed by atoms with van der Waals surface area (Å²) < 4.78 is 10.9. The van der Waals surface area contributed by atoms with Crippen LogP contribution in [0.2, 0.25) is 5.02 Å². The van der Waals surface area contributed by atoms with Gasteiger partial charge in [0.2, 0.25) is 0 Å². The maximum atomic E-state index is 12.9. The second kappa shape index (κ2) is 8.53. The van der Waals surface area contributed by atoms with E-state index in [1.54, 1.807) is 54.8 Å². The molecule has 0 aliphatic carbocycles. The first-order valence-corrected chi connectivity index (χ1v) is 10.0. The Hall–Kier alpha value is -1.40. The number of carbonyl (C=O) groups excluding carboxylic acids is 2. The third-order valence-electron chi connectivity index (χ3n) is 3.83. The number of esters is 1. The van der Waals surface area contributed by atoms with Gasteiger partial charge >= 0.3 is 5.97 Å². The van der Waals surface area contributed by atoms with Crippen molar-refractivity contribution in [3.63, 3.8) is 0 Å². The number of nitrogens with zero attached hydrogens (tertiary/aromatic N) is 1. The molecule has 2 unspecified atom stereocenters. The summed E-state index contributed by atoms with van der Waals surface area (Å²) in [5.41, 5.74) is -0.173. The van der Waals surface area contributed by atoms with Gasteiger partial charge in [0.25, 0.3) is 5.91 Å². The Morgan fingerprint density at radius 1 is 1.27 bits per heavy atom. The number of hydrogen-bond donors (Lipinski definition) is 0. The van der Waals surface area contributed by atoms with E-state index in [2.05, 4.69) is 20.8 Å². The van der Waals surface area contributed by atoms with Gasteiger partial charge in [-0.25, -0.2) is 4.79 Å². The second-order valence-corrected chi connectivity index (χ2v) is 9.15. The molecule has 2 atom stereocenters. The molecule has 1 aromatic carbocycles. The van der Waals surface area contributed by atoms with Crippen molar-refractivity contribution in [3.8, 4) is 5.75 Å². The van der Waals surface area contributed by atoms with Gasteiger partial charge in [0.15, 0.2) is 6.61 Å². The minimum Gasteiger partial charge on any atom is -0.484 e. The summed E-state index contributed by atoms with van der Waals surface area (Å²) in [4.78, 5) is 27.0. The number of hydrogen-bond acceptors (Lipinski definition) is 5. The molecule has 1 aliphatic heterocycles. The summed E-state index contributed by atoms with van der Waals surface area (Å²) in [6.45, 7) is 9.64. The van der Waals surface area contributed by atoms with E-state index < -0.39 is 6.04 Å². The fourth-order valence-corrected chi connectivity index (χ4v) is 4.43. The zero-order valence-corrected chi connectivity index (χ0v) is 17.4. The lowest BCUT2D eigenvalue weighted by atomic mass is 9.94. The third kappa shape index (κ3) is 5.30. The summed E-state index contributed by atoms with van der Waals surface area (Å²) in [7, 11) is 0. The van der Waals surface area contributed by atoms with Crippen LogP contribution >= 0.6 is 23.4 Å². The van der Waals surface area contributed by atoms with E-state index in [0.717, 1.165) is 0 Å². The summed E-state index contributed by atoms with van der Waals surface area (Å²) in [5.74, 6) is 0.498. The van der Waals surface area contributed by atoms with Crippen LogP contribution < -0.4 is 4.74 Å². The molecule has 0 aromatic heterocycles. The van der Waals surface area contributed by atoms with Crippen molar-refractivity contribution in [3.05, 3.63) is 29.3 Å². The molecule has 0 spiro atoms. The second-order valence-electron chi connectivity index (χ2n) is 7.60. The molecule has 0 N–H and O–H groups in total. The van der Waals surface area contributed by atoms with Crippen LogP contribution in [-0.2, 0) is 14.3 Å². The number of rotatable bonds is 5. The van der Waals surface area contributed by atoms with Crippen LogP contribution in [0.15, 0.2) is 24.3 Å². The van der Waals surface area contributed by atoms with Crippen LogP contribution in [0.4, 0.5) is 0 Å². The van der Waals surface area contributed by atoms with Crippen molar-refractivity contribution in [1.29, 1.82) is 0 Å². The van der Waals surface area contributed by atoms with Gasteiger partial charge in [-0.1, -0.05) is 32.4 Å². The standard InChI is InChI=1S/C19H26ClNO4S/c1-12(2)25-17(23)15-11-26-18(19(3,4)5)21(15)16(22)10-24-14-8-6-13(20)7-9-14/h6-9,12,15,18H,10-11H2,1-5H3. The molecule has 1 saturated heterocycles. The van der Waals surface area contributed by atoms with E-state index >= 15 is 0 Å². The molecule has 1 amide bonds. The van der Waals surface area contributed by atoms with Crippen LogP contribution in [0, 0.1) is 5.41 Å². The fraction of sp³-hybridized carbons (Fsp3) is 0.579. The Labute approximate surface area is 164 Å². The third-order valence-corrected chi connectivity index (χ3v) is 5.84. The molecular formula is C19H26ClNO4S. The molecule has 7 heteroatoms. The van der Waals surface area contributed by atoms with E-state index in [1.807, 2.05) is 0 Å². The molecule has 1 aromatic rings. The van der Waals surface area contributed by atoms with Gasteiger partial charge in [-0.15, -0.1) is 11.8 Å². The molecule has 1 aliphatic rings. The highest BCUT2D eigenvalue weighted by Gasteiger charge is 2.47. The lowest BCUT2D eigenvalue weighted by Gasteiger charge is -2.36. The van der Waals surface area contributed by atoms with Crippen molar-refractivity contribution in [1.82, 2.24) is 4.90 Å². The van der Waals surface area contributed by atoms with Crippen molar-refractivity contribution in [2.75, 3.05) is 12.4 Å². The van der Waals surface area contributed by atoms with Gasteiger partial charge in [0.1, 0.15) is 11.8 Å². The topological polar surface area (TPSA) is 55.8 Å². The first-order valence-electron chi connectivity index (χ1n) is 8.61. The molecule has 5 nitrogen and oxygen atoms in total. The monoisotopic (exact) mass is 399 g/mol. The van der Waals surface area contributed by atoms with E-state index in [4.69, 9.17) is 21.1 Å². The lowest BCUT2D eigenvalue weighted by molar-refractivity contribution is -0.158. The first kappa shape index (κ1) is 20.9. The van der Waals surface area contributed by atoms with Crippen molar-refractivity contribution < 1.29 is 19.1 Å². The zero-order valence-electron chi connectivity index (χ0n) is 15.8. The summed E-state index contributed by atoms with van der Waals surface area (Å²) >= 11 is 7.46. The number of carbonyl (C=O) groups is 2. The van der Waals surface area contributed by atoms with Crippen molar-refractivity contribution in [2.24, 2.45) is 5.41 Å². The maximum absolute atomic E-state index is 12.9. The summed E-state index contributed by atoms with van der Waals surface area (Å²) in [6, 6.07) is 6.23. The number of thioether (sulfide) groups is 1. The van der Waals surface area contributed by atoms with E-state index in [-0.39, 0.29) is 35.4 Å². The molecule has 144 valence electrons. The number of halogens is 1. The Morgan fingerprint density at radius 3 is 2.42 bits per heavy atom. The SMILES string of the molecule is CC(C)OC(=O)C1CSC(C(C)(C)C)N1C(=O)COc1ccc(Cl)cc1. The number of amides is 1. The van der Waals surface area contributed by atoms with Gasteiger partial charge in [-0.2, -0.15) is 0 Å². The highest BCUT2D eigenvalue weighted by atomic mass is 35.5. The predicted molar refractivity (Wildman–Crippen MR) is 105 cm³/mol. The highest BCUT2D eigenvalue weighted by molar-refractivity contribution is 8.00. The van der Waals surface area contributed by atoms with Crippen LogP contribution in [0.5, 0.6) is 5.75 Å². The molecule has 26 heavy (non-hydrogen) atoms. The minimum absolute atomic E-state index is 0.117. The van der Waals surface area contributed by atoms with E-state index in [0.29, 0.717) is 16.5 Å². The highest BCUT2D eigenvalue weighted by Crippen LogP contribution is 2.40. The average Bonchev–Trinajstić information content (AvgIpc) is 2.99. The Bertz CT molecular complexity index is 642. The predicted octanol–water partition coefficient (Wildman–Crippen LogP) is 3.99. The molecule has 2 rings (SSSR count). The normalized spacial score (nSPS) is 20.3. The molecular weight excluding hydrogens is 374 g/mol. The first-order chi connectivity index (χ1) is 12.1. The summed E-state index contributed by atoms with van der Waals surface area (Å²) in [5, 5.41) is 0.484. The lowest BCUT2D eigenvalue weighted by Crippen LogP contribution is -2.51. The van der Waals surface area contributed by atoms with E-state index in [1.165, 1.54) is 0 Å².